The van der Waals surface area contributed by atoms with Crippen molar-refractivity contribution in [3.8, 4) is 11.3 Å². The van der Waals surface area contributed by atoms with E-state index < -0.39 is 5.97 Å². The van der Waals surface area contributed by atoms with Gasteiger partial charge < -0.3 is 14.2 Å². The third-order valence-corrected chi connectivity index (χ3v) is 3.68. The Morgan fingerprint density at radius 3 is 2.75 bits per heavy atom. The second-order valence-electron chi connectivity index (χ2n) is 4.87. The van der Waals surface area contributed by atoms with Crippen molar-refractivity contribution in [1.29, 1.82) is 0 Å². The minimum absolute atomic E-state index is 0.149. The number of carboxylic acid groups (broad SMARTS) is 1. The molecule has 3 rings (SSSR count). The standard InChI is InChI=1S/C15H14N2O3/c1-8-5-4-6-10-13(9(2)17(3)14(8)10)11-7-12(15(18)19)20-16-11/h4-7H,1-3H3,(H,18,19). The molecule has 1 aromatic carbocycles. The number of fused-ring (bicyclic) bond motifs is 1. The Morgan fingerprint density at radius 2 is 2.10 bits per heavy atom. The van der Waals surface area contributed by atoms with Gasteiger partial charge in [0.25, 0.3) is 0 Å². The predicted molar refractivity (Wildman–Crippen MR) is 74.8 cm³/mol. The molecule has 102 valence electrons. The summed E-state index contributed by atoms with van der Waals surface area (Å²) in [7, 11) is 1.99. The molecule has 0 amide bonds. The van der Waals surface area contributed by atoms with E-state index in [1.54, 1.807) is 0 Å². The molecule has 2 aromatic heterocycles. The summed E-state index contributed by atoms with van der Waals surface area (Å²) in [6, 6.07) is 7.52. The number of hydrogen-bond donors (Lipinski definition) is 1. The fourth-order valence-electron chi connectivity index (χ4n) is 2.65. The Kier molecular flexibility index (Phi) is 2.64. The zero-order chi connectivity index (χ0) is 14.4. The first-order valence-corrected chi connectivity index (χ1v) is 6.25. The maximum Gasteiger partial charge on any atom is 0.374 e. The number of para-hydroxylation sites is 1. The molecule has 0 unspecified atom stereocenters. The SMILES string of the molecule is Cc1cccc2c(-c3cc(C(=O)O)on3)c(C)n(C)c12. The van der Waals surface area contributed by atoms with Crippen LogP contribution in [0.5, 0.6) is 0 Å². The van der Waals surface area contributed by atoms with Gasteiger partial charge in [0.2, 0.25) is 5.76 Å². The van der Waals surface area contributed by atoms with Crippen LogP contribution in [0.2, 0.25) is 0 Å². The lowest BCUT2D eigenvalue weighted by Crippen LogP contribution is -1.92. The molecule has 0 aliphatic rings. The number of hydrogen-bond acceptors (Lipinski definition) is 3. The van der Waals surface area contributed by atoms with E-state index in [2.05, 4.69) is 22.7 Å². The van der Waals surface area contributed by atoms with E-state index in [1.807, 2.05) is 26.1 Å². The van der Waals surface area contributed by atoms with Crippen molar-refractivity contribution in [2.75, 3.05) is 0 Å². The highest BCUT2D eigenvalue weighted by molar-refractivity contribution is 5.99. The first-order chi connectivity index (χ1) is 9.50. The largest absolute Gasteiger partial charge is 0.475 e. The quantitative estimate of drug-likeness (QED) is 0.776. The number of aryl methyl sites for hydroxylation is 2. The molecule has 0 fully saturated rings. The van der Waals surface area contributed by atoms with Crippen molar-refractivity contribution in [2.24, 2.45) is 7.05 Å². The van der Waals surface area contributed by atoms with Crippen molar-refractivity contribution >= 4 is 16.9 Å². The topological polar surface area (TPSA) is 68.3 Å². The smallest absolute Gasteiger partial charge is 0.374 e. The Hall–Kier alpha value is -2.56. The molecule has 0 saturated carbocycles. The van der Waals surface area contributed by atoms with Gasteiger partial charge in [-0.2, -0.15) is 0 Å². The van der Waals surface area contributed by atoms with Crippen molar-refractivity contribution in [3.63, 3.8) is 0 Å². The van der Waals surface area contributed by atoms with Crippen LogP contribution < -0.4 is 0 Å². The van der Waals surface area contributed by atoms with Crippen molar-refractivity contribution in [2.45, 2.75) is 13.8 Å². The molecule has 5 heteroatoms. The number of aromatic carboxylic acids is 1. The predicted octanol–water partition coefficient (Wildman–Crippen LogP) is 3.15. The number of rotatable bonds is 2. The Morgan fingerprint density at radius 1 is 1.35 bits per heavy atom. The minimum atomic E-state index is -1.11. The molecular formula is C15H14N2O3. The van der Waals surface area contributed by atoms with Crippen LogP contribution in [0, 0.1) is 13.8 Å². The monoisotopic (exact) mass is 270 g/mol. The normalized spacial score (nSPS) is 11.2. The number of carbonyl (C=O) groups is 1. The van der Waals surface area contributed by atoms with Gasteiger partial charge in [-0.3, -0.25) is 0 Å². The molecule has 20 heavy (non-hydrogen) atoms. The lowest BCUT2D eigenvalue weighted by atomic mass is 10.1. The summed E-state index contributed by atoms with van der Waals surface area (Å²) in [6.07, 6.45) is 0. The summed E-state index contributed by atoms with van der Waals surface area (Å²) < 4.78 is 6.96. The lowest BCUT2D eigenvalue weighted by Gasteiger charge is -2.01. The first-order valence-electron chi connectivity index (χ1n) is 6.25. The van der Waals surface area contributed by atoms with Gasteiger partial charge >= 0.3 is 5.97 Å². The molecule has 0 radical (unpaired) electrons. The molecule has 0 aliphatic heterocycles. The van der Waals surface area contributed by atoms with Crippen LogP contribution in [-0.4, -0.2) is 20.8 Å². The number of nitrogens with zero attached hydrogens (tertiary/aromatic N) is 2. The zero-order valence-corrected chi connectivity index (χ0v) is 11.5. The second-order valence-corrected chi connectivity index (χ2v) is 4.87. The highest BCUT2D eigenvalue weighted by Crippen LogP contribution is 2.34. The molecule has 0 saturated heterocycles. The number of benzene rings is 1. The summed E-state index contributed by atoms with van der Waals surface area (Å²) in [5, 5.41) is 13.9. The van der Waals surface area contributed by atoms with Crippen LogP contribution in [0.4, 0.5) is 0 Å². The molecule has 5 nitrogen and oxygen atoms in total. The third-order valence-electron chi connectivity index (χ3n) is 3.68. The van der Waals surface area contributed by atoms with Gasteiger partial charge in [0.1, 0.15) is 5.69 Å². The van der Waals surface area contributed by atoms with E-state index in [0.29, 0.717) is 5.69 Å². The van der Waals surface area contributed by atoms with Gasteiger partial charge in [-0.25, -0.2) is 4.79 Å². The van der Waals surface area contributed by atoms with E-state index in [-0.39, 0.29) is 5.76 Å². The molecule has 0 atom stereocenters. The van der Waals surface area contributed by atoms with Crippen molar-refractivity contribution in [1.82, 2.24) is 9.72 Å². The summed E-state index contributed by atoms with van der Waals surface area (Å²) >= 11 is 0. The average molecular weight is 270 g/mol. The first kappa shape index (κ1) is 12.5. The fraction of sp³-hybridized carbons (Fsp3) is 0.200. The minimum Gasteiger partial charge on any atom is -0.475 e. The van der Waals surface area contributed by atoms with E-state index in [4.69, 9.17) is 9.63 Å². The van der Waals surface area contributed by atoms with Gasteiger partial charge in [0.05, 0.1) is 5.52 Å². The molecule has 0 aliphatic carbocycles. The van der Waals surface area contributed by atoms with Gasteiger partial charge in [0, 0.05) is 29.8 Å². The Labute approximate surface area is 115 Å². The number of carboxylic acids is 1. The van der Waals surface area contributed by atoms with Gasteiger partial charge in [-0.15, -0.1) is 0 Å². The van der Waals surface area contributed by atoms with Crippen molar-refractivity contribution in [3.05, 3.63) is 41.3 Å². The zero-order valence-electron chi connectivity index (χ0n) is 11.5. The average Bonchev–Trinajstić information content (AvgIpc) is 2.96. The molecule has 3 aromatic rings. The fourth-order valence-corrected chi connectivity index (χ4v) is 2.65. The second kappa shape index (κ2) is 4.23. The van der Waals surface area contributed by atoms with Crippen LogP contribution in [0.3, 0.4) is 0 Å². The summed E-state index contributed by atoms with van der Waals surface area (Å²) in [6.45, 7) is 4.04. The van der Waals surface area contributed by atoms with Gasteiger partial charge in [0.15, 0.2) is 0 Å². The van der Waals surface area contributed by atoms with E-state index in [1.165, 1.54) is 11.6 Å². The molecule has 0 spiro atoms. The van der Waals surface area contributed by atoms with Crippen molar-refractivity contribution < 1.29 is 14.4 Å². The Bertz CT molecular complexity index is 827. The number of aromatic nitrogens is 2. The highest BCUT2D eigenvalue weighted by Gasteiger charge is 2.19. The maximum atomic E-state index is 10.9. The lowest BCUT2D eigenvalue weighted by molar-refractivity contribution is 0.0652. The van der Waals surface area contributed by atoms with Crippen LogP contribution >= 0.6 is 0 Å². The summed E-state index contributed by atoms with van der Waals surface area (Å²) in [5.41, 5.74) is 4.79. The van der Waals surface area contributed by atoms with Crippen LogP contribution in [-0.2, 0) is 7.05 Å². The molecular weight excluding hydrogens is 256 g/mol. The summed E-state index contributed by atoms with van der Waals surface area (Å²) in [4.78, 5) is 10.9. The molecule has 1 N–H and O–H groups in total. The highest BCUT2D eigenvalue weighted by atomic mass is 16.5. The van der Waals surface area contributed by atoms with Crippen LogP contribution in [0.1, 0.15) is 21.8 Å². The van der Waals surface area contributed by atoms with Gasteiger partial charge in [-0.05, 0) is 19.4 Å². The van der Waals surface area contributed by atoms with E-state index in [9.17, 15) is 4.79 Å². The van der Waals surface area contributed by atoms with E-state index in [0.717, 1.165) is 22.2 Å². The Balaban J connectivity index is 2.33. The molecule has 0 bridgehead atoms. The summed E-state index contributed by atoms with van der Waals surface area (Å²) in [5.74, 6) is -1.26. The van der Waals surface area contributed by atoms with Crippen LogP contribution in [0.15, 0.2) is 28.8 Å². The molecule has 2 heterocycles. The van der Waals surface area contributed by atoms with Gasteiger partial charge in [-0.1, -0.05) is 23.4 Å². The van der Waals surface area contributed by atoms with Crippen LogP contribution in [0.25, 0.3) is 22.2 Å². The maximum absolute atomic E-state index is 10.9. The third kappa shape index (κ3) is 1.63. The van der Waals surface area contributed by atoms with E-state index >= 15 is 0 Å².